The van der Waals surface area contributed by atoms with Crippen LogP contribution in [0.4, 0.5) is 0 Å². The molecule has 0 aliphatic carbocycles. The van der Waals surface area contributed by atoms with E-state index < -0.39 is 11.6 Å². The molecule has 5 nitrogen and oxygen atoms in total. The Balaban J connectivity index is 3.01. The van der Waals surface area contributed by atoms with Crippen LogP contribution in [0.15, 0.2) is 12.1 Å². The summed E-state index contributed by atoms with van der Waals surface area (Å²) < 4.78 is 0. The van der Waals surface area contributed by atoms with E-state index >= 15 is 0 Å². The maximum Gasteiger partial charge on any atom is 0.356 e. The molecule has 0 aromatic carbocycles. The molecule has 2 N–H and O–H groups in total. The van der Waals surface area contributed by atoms with Gasteiger partial charge in [-0.1, -0.05) is 0 Å². The molecule has 0 spiro atoms. The molecule has 1 rings (SSSR count). The van der Waals surface area contributed by atoms with Gasteiger partial charge >= 0.3 is 5.97 Å². The number of aromatic nitrogens is 2. The molecule has 0 aliphatic rings. The Labute approximate surface area is 75.0 Å². The van der Waals surface area contributed by atoms with Gasteiger partial charge in [-0.3, -0.25) is 0 Å². The fraction of sp³-hybridized carbons (Fsp3) is 0.375. The van der Waals surface area contributed by atoms with Crippen molar-refractivity contribution >= 4 is 5.97 Å². The lowest BCUT2D eigenvalue weighted by atomic mass is 10.1. The zero-order valence-electron chi connectivity index (χ0n) is 7.35. The second kappa shape index (κ2) is 3.10. The molecule has 13 heavy (non-hydrogen) atoms. The van der Waals surface area contributed by atoms with Crippen molar-refractivity contribution in [3.63, 3.8) is 0 Å². The first-order valence-electron chi connectivity index (χ1n) is 3.71. The molecule has 0 radical (unpaired) electrons. The number of carboxylic acid groups (broad SMARTS) is 1. The van der Waals surface area contributed by atoms with Crippen LogP contribution in [0, 0.1) is 0 Å². The highest BCUT2D eigenvalue weighted by atomic mass is 16.4. The van der Waals surface area contributed by atoms with Gasteiger partial charge in [0.1, 0.15) is 5.60 Å². The zero-order chi connectivity index (χ0) is 10.1. The van der Waals surface area contributed by atoms with Gasteiger partial charge < -0.3 is 10.2 Å². The molecule has 0 unspecified atom stereocenters. The van der Waals surface area contributed by atoms with Gasteiger partial charge in [-0.15, -0.1) is 5.10 Å². The third kappa shape index (κ3) is 2.22. The van der Waals surface area contributed by atoms with Gasteiger partial charge in [0.15, 0.2) is 5.69 Å². The molecule has 1 heterocycles. The molecular weight excluding hydrogens is 172 g/mol. The molecule has 0 amide bonds. The van der Waals surface area contributed by atoms with Crippen LogP contribution in [0.5, 0.6) is 0 Å². The number of aliphatic hydroxyl groups is 1. The molecule has 1 aromatic heterocycles. The van der Waals surface area contributed by atoms with Gasteiger partial charge in [-0.25, -0.2) is 4.79 Å². The molecule has 0 bridgehead atoms. The average Bonchev–Trinajstić information content (AvgIpc) is 2.03. The van der Waals surface area contributed by atoms with E-state index in [0.29, 0.717) is 5.69 Å². The van der Waals surface area contributed by atoms with E-state index in [2.05, 4.69) is 10.2 Å². The van der Waals surface area contributed by atoms with Gasteiger partial charge in [0.25, 0.3) is 0 Å². The molecule has 0 aliphatic heterocycles. The summed E-state index contributed by atoms with van der Waals surface area (Å²) in [6.45, 7) is 3.11. The molecule has 1 aromatic rings. The molecular formula is C8H10N2O3. The molecule has 70 valence electrons. The van der Waals surface area contributed by atoms with Gasteiger partial charge in [-0.05, 0) is 26.0 Å². The molecule has 0 saturated heterocycles. The van der Waals surface area contributed by atoms with Crippen molar-refractivity contribution in [3.8, 4) is 0 Å². The van der Waals surface area contributed by atoms with Crippen LogP contribution < -0.4 is 0 Å². The Morgan fingerprint density at radius 1 is 1.38 bits per heavy atom. The standard InChI is InChI=1S/C8H10N2O3/c1-8(2,13)6-4-3-5(7(11)12)9-10-6/h3-4,13H,1-2H3,(H,11,12). The third-order valence-corrected chi connectivity index (χ3v) is 1.51. The minimum absolute atomic E-state index is 0.131. The predicted molar refractivity (Wildman–Crippen MR) is 44.2 cm³/mol. The summed E-state index contributed by atoms with van der Waals surface area (Å²) in [5.74, 6) is -1.13. The Hall–Kier alpha value is -1.49. The van der Waals surface area contributed by atoms with Crippen LogP contribution in [-0.2, 0) is 5.60 Å². The van der Waals surface area contributed by atoms with E-state index in [1.165, 1.54) is 12.1 Å². The smallest absolute Gasteiger partial charge is 0.356 e. The van der Waals surface area contributed by atoms with Crippen molar-refractivity contribution in [1.29, 1.82) is 0 Å². The summed E-state index contributed by atoms with van der Waals surface area (Å²) in [6, 6.07) is 2.75. The number of aromatic carboxylic acids is 1. The Morgan fingerprint density at radius 3 is 2.31 bits per heavy atom. The van der Waals surface area contributed by atoms with Gasteiger partial charge in [-0.2, -0.15) is 5.10 Å². The fourth-order valence-corrected chi connectivity index (χ4v) is 0.773. The highest BCUT2D eigenvalue weighted by molar-refractivity contribution is 5.84. The van der Waals surface area contributed by atoms with E-state index in [0.717, 1.165) is 0 Å². The normalized spacial score (nSPS) is 11.3. The summed E-state index contributed by atoms with van der Waals surface area (Å²) in [5.41, 5.74) is -0.880. The molecule has 0 fully saturated rings. The summed E-state index contributed by atoms with van der Waals surface area (Å²) >= 11 is 0. The van der Waals surface area contributed by atoms with E-state index in [1.54, 1.807) is 13.8 Å². The van der Waals surface area contributed by atoms with E-state index in [-0.39, 0.29) is 5.69 Å². The van der Waals surface area contributed by atoms with E-state index in [4.69, 9.17) is 5.11 Å². The summed E-state index contributed by atoms with van der Waals surface area (Å²) in [4.78, 5) is 10.4. The Bertz CT molecular complexity index is 313. The number of hydrogen-bond acceptors (Lipinski definition) is 4. The zero-order valence-corrected chi connectivity index (χ0v) is 7.35. The fourth-order valence-electron chi connectivity index (χ4n) is 0.773. The second-order valence-corrected chi connectivity index (χ2v) is 3.17. The lowest BCUT2D eigenvalue weighted by Crippen LogP contribution is -2.18. The minimum Gasteiger partial charge on any atom is -0.476 e. The van der Waals surface area contributed by atoms with Crippen LogP contribution >= 0.6 is 0 Å². The number of hydrogen-bond donors (Lipinski definition) is 2. The van der Waals surface area contributed by atoms with Crippen molar-refractivity contribution in [2.24, 2.45) is 0 Å². The monoisotopic (exact) mass is 182 g/mol. The summed E-state index contributed by atoms with van der Waals surface area (Å²) in [7, 11) is 0. The lowest BCUT2D eigenvalue weighted by molar-refractivity contribution is 0.0669. The largest absolute Gasteiger partial charge is 0.476 e. The second-order valence-electron chi connectivity index (χ2n) is 3.17. The maximum absolute atomic E-state index is 10.4. The first-order valence-corrected chi connectivity index (χ1v) is 3.71. The summed E-state index contributed by atoms with van der Waals surface area (Å²) in [5, 5.41) is 25.0. The topological polar surface area (TPSA) is 83.3 Å². The first-order chi connectivity index (χ1) is 5.91. The van der Waals surface area contributed by atoms with Gasteiger partial charge in [0.05, 0.1) is 5.69 Å². The number of carbonyl (C=O) groups is 1. The van der Waals surface area contributed by atoms with Crippen LogP contribution in [0.2, 0.25) is 0 Å². The Kier molecular flexibility index (Phi) is 2.29. The number of nitrogens with zero attached hydrogens (tertiary/aromatic N) is 2. The van der Waals surface area contributed by atoms with E-state index in [1.807, 2.05) is 0 Å². The van der Waals surface area contributed by atoms with Crippen molar-refractivity contribution < 1.29 is 15.0 Å². The molecule has 5 heteroatoms. The van der Waals surface area contributed by atoms with Crippen LogP contribution in [0.1, 0.15) is 30.0 Å². The van der Waals surface area contributed by atoms with E-state index in [9.17, 15) is 9.90 Å². The molecule has 0 atom stereocenters. The lowest BCUT2D eigenvalue weighted by Gasteiger charge is -2.14. The first kappa shape index (κ1) is 9.60. The highest BCUT2D eigenvalue weighted by Gasteiger charge is 2.18. The van der Waals surface area contributed by atoms with Crippen molar-refractivity contribution in [3.05, 3.63) is 23.5 Å². The van der Waals surface area contributed by atoms with Crippen molar-refractivity contribution in [2.75, 3.05) is 0 Å². The maximum atomic E-state index is 10.4. The van der Waals surface area contributed by atoms with Crippen molar-refractivity contribution in [1.82, 2.24) is 10.2 Å². The number of rotatable bonds is 2. The summed E-state index contributed by atoms with van der Waals surface area (Å²) in [6.07, 6.45) is 0. The van der Waals surface area contributed by atoms with Crippen LogP contribution in [-0.4, -0.2) is 26.4 Å². The Morgan fingerprint density at radius 2 is 2.00 bits per heavy atom. The average molecular weight is 182 g/mol. The SMILES string of the molecule is CC(C)(O)c1ccc(C(=O)O)nn1. The van der Waals surface area contributed by atoms with Gasteiger partial charge in [0, 0.05) is 0 Å². The van der Waals surface area contributed by atoms with Crippen LogP contribution in [0.3, 0.4) is 0 Å². The highest BCUT2D eigenvalue weighted by Crippen LogP contribution is 2.15. The van der Waals surface area contributed by atoms with Crippen molar-refractivity contribution in [2.45, 2.75) is 19.4 Å². The number of carboxylic acids is 1. The molecule has 0 saturated carbocycles. The minimum atomic E-state index is -1.13. The van der Waals surface area contributed by atoms with Gasteiger partial charge in [0.2, 0.25) is 0 Å². The van der Waals surface area contributed by atoms with Crippen LogP contribution in [0.25, 0.3) is 0 Å². The quantitative estimate of drug-likeness (QED) is 0.691. The predicted octanol–water partition coefficient (Wildman–Crippen LogP) is 0.402. The third-order valence-electron chi connectivity index (χ3n) is 1.51.